The maximum atomic E-state index is 12.1. The van der Waals surface area contributed by atoms with Crippen LogP contribution in [-0.4, -0.2) is 54.6 Å². The fraction of sp³-hybridized carbons (Fsp3) is 0.625. The first kappa shape index (κ1) is 16.2. The third-order valence-electron chi connectivity index (χ3n) is 4.95. The van der Waals surface area contributed by atoms with Crippen LogP contribution in [0.15, 0.2) is 0 Å². The molecule has 1 aliphatic carbocycles. The Bertz CT molecular complexity index is 883. The van der Waals surface area contributed by atoms with Gasteiger partial charge in [0.1, 0.15) is 16.5 Å². The van der Waals surface area contributed by atoms with Gasteiger partial charge >= 0.3 is 0 Å². The van der Waals surface area contributed by atoms with Crippen molar-refractivity contribution in [2.45, 2.75) is 33.1 Å². The summed E-state index contributed by atoms with van der Waals surface area (Å²) in [5.41, 5.74) is 1.42. The predicted molar refractivity (Wildman–Crippen MR) is 97.4 cm³/mol. The molecule has 1 aliphatic heterocycles. The van der Waals surface area contributed by atoms with E-state index >= 15 is 0 Å². The highest BCUT2D eigenvalue weighted by Crippen LogP contribution is 2.40. The lowest BCUT2D eigenvalue weighted by Gasteiger charge is -2.35. The molecule has 3 heterocycles. The van der Waals surface area contributed by atoms with E-state index in [4.69, 9.17) is 4.98 Å². The van der Waals surface area contributed by atoms with Gasteiger partial charge in [0, 0.05) is 31.1 Å². The van der Waals surface area contributed by atoms with Crippen LogP contribution in [0.2, 0.25) is 0 Å². The number of aromatic nitrogens is 2. The Hall–Kier alpha value is -1.25. The minimum atomic E-state index is -3.10. The maximum absolute atomic E-state index is 12.1. The van der Waals surface area contributed by atoms with Gasteiger partial charge in [-0.15, -0.1) is 11.3 Å². The molecule has 1 fully saturated rings. The smallest absolute Gasteiger partial charge is 0.213 e. The second kappa shape index (κ2) is 5.93. The summed E-state index contributed by atoms with van der Waals surface area (Å²) in [6.45, 7) is 6.09. The topological polar surface area (TPSA) is 66.4 Å². The summed E-state index contributed by atoms with van der Waals surface area (Å²) in [5.74, 6) is 1.97. The van der Waals surface area contributed by atoms with E-state index in [1.54, 1.807) is 22.6 Å². The average molecular weight is 367 g/mol. The van der Waals surface area contributed by atoms with Crippen molar-refractivity contribution in [3.63, 3.8) is 0 Å². The molecular weight excluding hydrogens is 344 g/mol. The van der Waals surface area contributed by atoms with Crippen molar-refractivity contribution < 1.29 is 8.42 Å². The van der Waals surface area contributed by atoms with E-state index in [-0.39, 0.29) is 5.75 Å². The highest BCUT2D eigenvalue weighted by atomic mass is 32.2. The fourth-order valence-corrected chi connectivity index (χ4v) is 6.06. The second-order valence-electron chi connectivity index (χ2n) is 6.42. The van der Waals surface area contributed by atoms with Crippen molar-refractivity contribution in [3.8, 4) is 0 Å². The zero-order valence-electron chi connectivity index (χ0n) is 14.1. The van der Waals surface area contributed by atoms with Gasteiger partial charge in [-0.1, -0.05) is 0 Å². The molecule has 130 valence electrons. The standard InChI is InChI=1S/C16H22N4O2S2/c1-3-24(21,22)20-9-7-19(8-10-20)15-14-12-5-4-6-13(12)23-16(14)18-11(2)17-15/h3-10H2,1-2H3. The molecule has 0 unspecified atom stereocenters. The molecule has 2 aliphatic rings. The molecule has 2 aromatic rings. The molecular formula is C16H22N4O2S2. The van der Waals surface area contributed by atoms with Crippen molar-refractivity contribution in [2.24, 2.45) is 0 Å². The molecule has 2 aromatic heterocycles. The number of piperazine rings is 1. The van der Waals surface area contributed by atoms with Crippen LogP contribution in [0, 0.1) is 6.92 Å². The molecule has 24 heavy (non-hydrogen) atoms. The Balaban J connectivity index is 1.68. The van der Waals surface area contributed by atoms with Crippen molar-refractivity contribution >= 4 is 37.4 Å². The lowest BCUT2D eigenvalue weighted by Crippen LogP contribution is -2.49. The second-order valence-corrected chi connectivity index (χ2v) is 9.76. The monoisotopic (exact) mass is 366 g/mol. The minimum absolute atomic E-state index is 0.169. The van der Waals surface area contributed by atoms with Crippen LogP contribution in [0.25, 0.3) is 10.2 Å². The third-order valence-corrected chi connectivity index (χ3v) is 8.02. The fourth-order valence-electron chi connectivity index (χ4n) is 3.67. The van der Waals surface area contributed by atoms with Gasteiger partial charge in [-0.2, -0.15) is 4.31 Å². The highest BCUT2D eigenvalue weighted by molar-refractivity contribution is 7.89. The Labute approximate surface area is 146 Å². The van der Waals surface area contributed by atoms with Crippen molar-refractivity contribution in [2.75, 3.05) is 36.8 Å². The molecule has 0 bridgehead atoms. The molecule has 0 spiro atoms. The van der Waals surface area contributed by atoms with Gasteiger partial charge < -0.3 is 4.90 Å². The van der Waals surface area contributed by atoms with Crippen molar-refractivity contribution in [3.05, 3.63) is 16.3 Å². The maximum Gasteiger partial charge on any atom is 0.213 e. The van der Waals surface area contributed by atoms with Crippen LogP contribution in [0.5, 0.6) is 0 Å². The first-order valence-electron chi connectivity index (χ1n) is 8.51. The number of aryl methyl sites for hydroxylation is 3. The third kappa shape index (κ3) is 2.60. The van der Waals surface area contributed by atoms with Crippen LogP contribution in [-0.2, 0) is 22.9 Å². The van der Waals surface area contributed by atoms with Crippen molar-refractivity contribution in [1.82, 2.24) is 14.3 Å². The van der Waals surface area contributed by atoms with Crippen LogP contribution < -0.4 is 4.90 Å². The summed E-state index contributed by atoms with van der Waals surface area (Å²) in [6.07, 6.45) is 3.48. The van der Waals surface area contributed by atoms with E-state index in [0.29, 0.717) is 26.2 Å². The van der Waals surface area contributed by atoms with Gasteiger partial charge in [0.25, 0.3) is 0 Å². The number of hydrogen-bond acceptors (Lipinski definition) is 6. The summed E-state index contributed by atoms with van der Waals surface area (Å²) < 4.78 is 25.7. The first-order valence-corrected chi connectivity index (χ1v) is 10.9. The lowest BCUT2D eigenvalue weighted by atomic mass is 10.1. The lowest BCUT2D eigenvalue weighted by molar-refractivity contribution is 0.385. The number of thiophene rings is 1. The molecule has 0 N–H and O–H groups in total. The quantitative estimate of drug-likeness (QED) is 0.831. The molecule has 0 radical (unpaired) electrons. The van der Waals surface area contributed by atoms with E-state index in [1.165, 1.54) is 22.2 Å². The zero-order chi connectivity index (χ0) is 16.9. The largest absolute Gasteiger partial charge is 0.353 e. The van der Waals surface area contributed by atoms with E-state index < -0.39 is 10.0 Å². The average Bonchev–Trinajstić information content (AvgIpc) is 3.14. The summed E-state index contributed by atoms with van der Waals surface area (Å²) in [7, 11) is -3.10. The van der Waals surface area contributed by atoms with E-state index in [2.05, 4.69) is 9.88 Å². The van der Waals surface area contributed by atoms with Crippen molar-refractivity contribution in [1.29, 1.82) is 0 Å². The summed E-state index contributed by atoms with van der Waals surface area (Å²) in [5, 5.41) is 1.21. The number of rotatable bonds is 3. The molecule has 4 rings (SSSR count). The first-order chi connectivity index (χ1) is 11.5. The Morgan fingerprint density at radius 3 is 2.58 bits per heavy atom. The number of anilines is 1. The van der Waals surface area contributed by atoms with Gasteiger partial charge in [0.2, 0.25) is 10.0 Å². The van der Waals surface area contributed by atoms with E-state index in [9.17, 15) is 8.42 Å². The Morgan fingerprint density at radius 1 is 1.12 bits per heavy atom. The van der Waals surface area contributed by atoms with E-state index in [0.717, 1.165) is 29.3 Å². The zero-order valence-corrected chi connectivity index (χ0v) is 15.7. The summed E-state index contributed by atoms with van der Waals surface area (Å²) in [4.78, 5) is 14.2. The van der Waals surface area contributed by atoms with E-state index in [1.807, 2.05) is 6.92 Å². The SMILES string of the molecule is CCS(=O)(=O)N1CCN(c2nc(C)nc3sc4c(c23)CCC4)CC1. The molecule has 1 saturated heterocycles. The molecule has 8 heteroatoms. The molecule has 6 nitrogen and oxygen atoms in total. The van der Waals surface area contributed by atoms with Crippen LogP contribution >= 0.6 is 11.3 Å². The molecule has 0 atom stereocenters. The van der Waals surface area contributed by atoms with Gasteiger partial charge in [-0.25, -0.2) is 18.4 Å². The highest BCUT2D eigenvalue weighted by Gasteiger charge is 2.29. The van der Waals surface area contributed by atoms with Crippen LogP contribution in [0.3, 0.4) is 0 Å². The molecule has 0 amide bonds. The van der Waals surface area contributed by atoms with Gasteiger partial charge in [0.15, 0.2) is 0 Å². The number of nitrogens with zero attached hydrogens (tertiary/aromatic N) is 4. The summed E-state index contributed by atoms with van der Waals surface area (Å²) in [6, 6.07) is 0. The molecule has 0 aromatic carbocycles. The van der Waals surface area contributed by atoms with Crippen LogP contribution in [0.4, 0.5) is 5.82 Å². The van der Waals surface area contributed by atoms with Gasteiger partial charge in [0.05, 0.1) is 11.1 Å². The Kier molecular flexibility index (Phi) is 4.01. The van der Waals surface area contributed by atoms with Crippen LogP contribution in [0.1, 0.15) is 29.6 Å². The number of hydrogen-bond donors (Lipinski definition) is 0. The van der Waals surface area contributed by atoms with Gasteiger partial charge in [-0.05, 0) is 38.7 Å². The predicted octanol–water partition coefficient (Wildman–Crippen LogP) is 1.96. The van der Waals surface area contributed by atoms with Gasteiger partial charge in [-0.3, -0.25) is 0 Å². The summed E-state index contributed by atoms with van der Waals surface area (Å²) >= 11 is 1.80. The normalized spacial score (nSPS) is 19.2. The number of fused-ring (bicyclic) bond motifs is 3. The Morgan fingerprint density at radius 2 is 1.88 bits per heavy atom. The molecule has 0 saturated carbocycles. The minimum Gasteiger partial charge on any atom is -0.353 e. The number of sulfonamides is 1.